The Balaban J connectivity index is 2.14. The molecule has 1 aromatic rings. The zero-order valence-electron chi connectivity index (χ0n) is 8.16. The molecule has 1 fully saturated rings. The molecule has 15 heavy (non-hydrogen) atoms. The topological polar surface area (TPSA) is 75.1 Å². The van der Waals surface area contributed by atoms with E-state index in [-0.39, 0.29) is 5.69 Å². The second-order valence-corrected chi connectivity index (χ2v) is 4.04. The van der Waals surface area contributed by atoms with Crippen molar-refractivity contribution in [1.82, 2.24) is 15.3 Å². The van der Waals surface area contributed by atoms with Gasteiger partial charge in [0.2, 0.25) is 0 Å². The minimum absolute atomic E-state index is 0.187. The highest BCUT2D eigenvalue weighted by Crippen LogP contribution is 2.38. The maximum absolute atomic E-state index is 11.0. The van der Waals surface area contributed by atoms with E-state index in [0.29, 0.717) is 19.0 Å². The van der Waals surface area contributed by atoms with Crippen molar-refractivity contribution in [2.24, 2.45) is 0 Å². The van der Waals surface area contributed by atoms with Crippen molar-refractivity contribution >= 4 is 5.97 Å². The Kier molecular flexibility index (Phi) is 1.76. The third-order valence-corrected chi connectivity index (χ3v) is 2.85. The predicted molar refractivity (Wildman–Crippen MR) is 51.5 cm³/mol. The first-order chi connectivity index (χ1) is 7.25. The molecule has 0 radical (unpaired) electrons. The molecular weight excluding hydrogens is 194 g/mol. The molecule has 0 atom stereocenters. The molecule has 2 N–H and O–H groups in total. The van der Waals surface area contributed by atoms with Crippen LogP contribution in [0.3, 0.4) is 0 Å². The molecule has 1 aliphatic carbocycles. The fraction of sp³-hybridized carbons (Fsp3) is 0.500. The summed E-state index contributed by atoms with van der Waals surface area (Å²) in [4.78, 5) is 19.6. The Hall–Kier alpha value is -1.49. The van der Waals surface area contributed by atoms with Crippen molar-refractivity contribution in [2.75, 3.05) is 0 Å². The molecule has 3 rings (SSSR count). The maximum Gasteiger partial charge on any atom is 0.354 e. The van der Waals surface area contributed by atoms with Gasteiger partial charge in [-0.3, -0.25) is 0 Å². The Morgan fingerprint density at radius 2 is 2.13 bits per heavy atom. The molecule has 5 heteroatoms. The molecule has 1 aliphatic heterocycles. The number of nitrogens with one attached hydrogen (secondary N) is 1. The summed E-state index contributed by atoms with van der Waals surface area (Å²) >= 11 is 0. The van der Waals surface area contributed by atoms with E-state index in [4.69, 9.17) is 5.11 Å². The van der Waals surface area contributed by atoms with Crippen LogP contribution >= 0.6 is 0 Å². The molecule has 1 aromatic heterocycles. The average Bonchev–Trinajstić information content (AvgIpc) is 2.95. The van der Waals surface area contributed by atoms with Gasteiger partial charge in [0.1, 0.15) is 5.82 Å². The summed E-state index contributed by atoms with van der Waals surface area (Å²) in [6.45, 7) is 1.24. The van der Waals surface area contributed by atoms with Crippen LogP contribution in [0.4, 0.5) is 0 Å². The van der Waals surface area contributed by atoms with Gasteiger partial charge < -0.3 is 10.4 Å². The highest BCUT2D eigenvalue weighted by Gasteiger charge is 2.30. The summed E-state index contributed by atoms with van der Waals surface area (Å²) in [5.74, 6) is 0.170. The smallest absolute Gasteiger partial charge is 0.354 e. The molecule has 0 bridgehead atoms. The van der Waals surface area contributed by atoms with Gasteiger partial charge in [-0.2, -0.15) is 0 Å². The highest BCUT2D eigenvalue weighted by molar-refractivity contribution is 5.87. The number of nitrogens with zero attached hydrogens (tertiary/aromatic N) is 2. The van der Waals surface area contributed by atoms with E-state index >= 15 is 0 Å². The van der Waals surface area contributed by atoms with Gasteiger partial charge >= 0.3 is 5.97 Å². The molecule has 2 aliphatic rings. The minimum Gasteiger partial charge on any atom is -0.476 e. The zero-order chi connectivity index (χ0) is 10.4. The number of hydrogen-bond acceptors (Lipinski definition) is 4. The monoisotopic (exact) mass is 205 g/mol. The van der Waals surface area contributed by atoms with Gasteiger partial charge in [0.05, 0.1) is 5.69 Å². The number of aromatic nitrogens is 2. The standard InChI is InChI=1S/C10H11N3O2/c14-10(15)8-6-3-11-4-7(6)12-9(13-8)5-1-2-5/h5,11H,1-4H2,(H,14,15). The lowest BCUT2D eigenvalue weighted by Crippen LogP contribution is -2.10. The number of fused-ring (bicyclic) bond motifs is 1. The van der Waals surface area contributed by atoms with E-state index < -0.39 is 5.97 Å². The number of carbonyl (C=O) groups is 1. The van der Waals surface area contributed by atoms with E-state index in [1.54, 1.807) is 0 Å². The first-order valence-electron chi connectivity index (χ1n) is 5.09. The lowest BCUT2D eigenvalue weighted by atomic mass is 10.2. The fourth-order valence-corrected chi connectivity index (χ4v) is 1.89. The van der Waals surface area contributed by atoms with Gasteiger partial charge in [0.15, 0.2) is 5.69 Å². The van der Waals surface area contributed by atoms with Crippen molar-refractivity contribution < 1.29 is 9.90 Å². The summed E-state index contributed by atoms with van der Waals surface area (Å²) in [6.07, 6.45) is 2.18. The first-order valence-corrected chi connectivity index (χ1v) is 5.09. The lowest BCUT2D eigenvalue weighted by Gasteiger charge is -2.05. The predicted octanol–water partition coefficient (Wildman–Crippen LogP) is 0.655. The summed E-state index contributed by atoms with van der Waals surface area (Å²) in [5.41, 5.74) is 1.81. The van der Waals surface area contributed by atoms with Crippen molar-refractivity contribution in [3.63, 3.8) is 0 Å². The van der Waals surface area contributed by atoms with Crippen LogP contribution in [0.1, 0.15) is 46.3 Å². The second kappa shape index (κ2) is 3.00. The molecule has 0 unspecified atom stereocenters. The van der Waals surface area contributed by atoms with Crippen LogP contribution in [-0.4, -0.2) is 21.0 Å². The van der Waals surface area contributed by atoms with Crippen LogP contribution in [0.5, 0.6) is 0 Å². The SMILES string of the molecule is O=C(O)c1nc(C2CC2)nc2c1CNC2. The van der Waals surface area contributed by atoms with Gasteiger partial charge in [-0.25, -0.2) is 14.8 Å². The first kappa shape index (κ1) is 8.79. The van der Waals surface area contributed by atoms with Gasteiger partial charge in [0.25, 0.3) is 0 Å². The van der Waals surface area contributed by atoms with E-state index in [9.17, 15) is 4.79 Å². The quantitative estimate of drug-likeness (QED) is 0.741. The fourth-order valence-electron chi connectivity index (χ4n) is 1.89. The van der Waals surface area contributed by atoms with Crippen LogP contribution in [-0.2, 0) is 13.1 Å². The Morgan fingerprint density at radius 1 is 1.33 bits per heavy atom. The molecule has 0 amide bonds. The Morgan fingerprint density at radius 3 is 2.80 bits per heavy atom. The molecule has 5 nitrogen and oxygen atoms in total. The summed E-state index contributed by atoms with van der Waals surface area (Å²) in [6, 6.07) is 0. The number of carboxylic acids is 1. The van der Waals surface area contributed by atoms with E-state index in [2.05, 4.69) is 15.3 Å². The maximum atomic E-state index is 11.0. The molecular formula is C10H11N3O2. The Bertz CT molecular complexity index is 441. The van der Waals surface area contributed by atoms with E-state index in [1.165, 1.54) is 0 Å². The Labute approximate surface area is 86.6 Å². The molecule has 0 aromatic carbocycles. The van der Waals surface area contributed by atoms with Gasteiger partial charge in [0, 0.05) is 24.6 Å². The van der Waals surface area contributed by atoms with E-state index in [1.807, 2.05) is 0 Å². The van der Waals surface area contributed by atoms with Crippen molar-refractivity contribution in [3.8, 4) is 0 Å². The number of aromatic carboxylic acids is 1. The van der Waals surface area contributed by atoms with Gasteiger partial charge in [-0.15, -0.1) is 0 Å². The van der Waals surface area contributed by atoms with Crippen molar-refractivity contribution in [2.45, 2.75) is 31.8 Å². The summed E-state index contributed by atoms with van der Waals surface area (Å²) in [5, 5.41) is 12.2. The van der Waals surface area contributed by atoms with Crippen LogP contribution in [0.15, 0.2) is 0 Å². The second-order valence-electron chi connectivity index (χ2n) is 4.04. The highest BCUT2D eigenvalue weighted by atomic mass is 16.4. The van der Waals surface area contributed by atoms with Gasteiger partial charge in [-0.1, -0.05) is 0 Å². The minimum atomic E-state index is -0.945. The molecule has 1 saturated carbocycles. The van der Waals surface area contributed by atoms with E-state index in [0.717, 1.165) is 29.9 Å². The molecule has 78 valence electrons. The lowest BCUT2D eigenvalue weighted by molar-refractivity contribution is 0.0688. The van der Waals surface area contributed by atoms with Crippen LogP contribution in [0, 0.1) is 0 Å². The number of hydrogen-bond donors (Lipinski definition) is 2. The third kappa shape index (κ3) is 1.39. The van der Waals surface area contributed by atoms with Crippen LogP contribution in [0.2, 0.25) is 0 Å². The zero-order valence-corrected chi connectivity index (χ0v) is 8.16. The van der Waals surface area contributed by atoms with Crippen LogP contribution < -0.4 is 5.32 Å². The summed E-state index contributed by atoms with van der Waals surface area (Å²) < 4.78 is 0. The number of rotatable bonds is 2. The molecule has 0 saturated heterocycles. The molecule has 0 spiro atoms. The summed E-state index contributed by atoms with van der Waals surface area (Å²) in [7, 11) is 0. The van der Waals surface area contributed by atoms with Crippen molar-refractivity contribution in [1.29, 1.82) is 0 Å². The third-order valence-electron chi connectivity index (χ3n) is 2.85. The van der Waals surface area contributed by atoms with Gasteiger partial charge in [-0.05, 0) is 12.8 Å². The van der Waals surface area contributed by atoms with Crippen LogP contribution in [0.25, 0.3) is 0 Å². The number of carboxylic acid groups (broad SMARTS) is 1. The average molecular weight is 205 g/mol. The molecule has 2 heterocycles. The van der Waals surface area contributed by atoms with Crippen molar-refractivity contribution in [3.05, 3.63) is 22.8 Å². The largest absolute Gasteiger partial charge is 0.476 e. The normalized spacial score (nSPS) is 18.9.